The zero-order valence-corrected chi connectivity index (χ0v) is 11.0. The standard InChI is InChI=1S/C12H14ClN3S/c13-11-9-2-1-3-10(14)16(9)12(15-11)8-4-6-17-7-5-8/h1-3,8H,4-7,14H2. The Morgan fingerprint density at radius 3 is 2.88 bits per heavy atom. The average Bonchev–Trinajstić information content (AvgIpc) is 2.70. The van der Waals surface area contributed by atoms with Crippen molar-refractivity contribution in [3.63, 3.8) is 0 Å². The van der Waals surface area contributed by atoms with Gasteiger partial charge in [-0.05, 0) is 36.5 Å². The Labute approximate surface area is 109 Å². The molecular weight excluding hydrogens is 254 g/mol. The van der Waals surface area contributed by atoms with Gasteiger partial charge in [0, 0.05) is 5.92 Å². The van der Waals surface area contributed by atoms with E-state index in [9.17, 15) is 0 Å². The molecule has 1 saturated heterocycles. The van der Waals surface area contributed by atoms with Crippen molar-refractivity contribution in [1.82, 2.24) is 9.38 Å². The second-order valence-electron chi connectivity index (χ2n) is 4.32. The Bertz CT molecular complexity index is 546. The zero-order valence-electron chi connectivity index (χ0n) is 9.40. The van der Waals surface area contributed by atoms with Crippen LogP contribution < -0.4 is 5.73 Å². The Kier molecular flexibility index (Phi) is 2.92. The minimum absolute atomic E-state index is 0.487. The maximum absolute atomic E-state index is 6.18. The number of nitrogens with two attached hydrogens (primary N) is 1. The number of hydrogen-bond donors (Lipinski definition) is 1. The van der Waals surface area contributed by atoms with Gasteiger partial charge in [-0.1, -0.05) is 17.7 Å². The number of rotatable bonds is 1. The second kappa shape index (κ2) is 4.42. The van der Waals surface area contributed by atoms with Gasteiger partial charge in [0.1, 0.15) is 11.6 Å². The number of imidazole rings is 1. The van der Waals surface area contributed by atoms with Gasteiger partial charge in [0.2, 0.25) is 0 Å². The van der Waals surface area contributed by atoms with Crippen molar-refractivity contribution in [3.8, 4) is 0 Å². The summed E-state index contributed by atoms with van der Waals surface area (Å²) in [5.74, 6) is 4.63. The summed E-state index contributed by atoms with van der Waals surface area (Å²) in [6.07, 6.45) is 2.32. The number of fused-ring (bicyclic) bond motifs is 1. The summed E-state index contributed by atoms with van der Waals surface area (Å²) in [5.41, 5.74) is 6.95. The number of hydrogen-bond acceptors (Lipinski definition) is 3. The summed E-state index contributed by atoms with van der Waals surface area (Å²) in [6.45, 7) is 0. The van der Waals surface area contributed by atoms with Crippen LogP contribution in [-0.4, -0.2) is 20.9 Å². The minimum Gasteiger partial charge on any atom is -0.385 e. The molecule has 1 aliphatic rings. The fourth-order valence-electron chi connectivity index (χ4n) is 2.38. The molecule has 2 N–H and O–H groups in total. The highest BCUT2D eigenvalue weighted by Gasteiger charge is 2.22. The highest BCUT2D eigenvalue weighted by molar-refractivity contribution is 7.99. The lowest BCUT2D eigenvalue weighted by Gasteiger charge is -2.20. The van der Waals surface area contributed by atoms with Gasteiger partial charge >= 0.3 is 0 Å². The summed E-state index contributed by atoms with van der Waals surface area (Å²) >= 11 is 8.18. The third-order valence-corrected chi connectivity index (χ3v) is 4.59. The van der Waals surface area contributed by atoms with Gasteiger partial charge in [-0.25, -0.2) is 4.98 Å². The lowest BCUT2D eigenvalue weighted by atomic mass is 10.0. The van der Waals surface area contributed by atoms with Crippen LogP contribution >= 0.6 is 23.4 Å². The van der Waals surface area contributed by atoms with E-state index in [1.165, 1.54) is 11.5 Å². The number of pyridine rings is 1. The molecular formula is C12H14ClN3S. The summed E-state index contributed by atoms with van der Waals surface area (Å²) in [4.78, 5) is 4.51. The Morgan fingerprint density at radius 2 is 2.12 bits per heavy atom. The monoisotopic (exact) mass is 267 g/mol. The van der Waals surface area contributed by atoms with E-state index in [0.717, 1.165) is 30.0 Å². The lowest BCUT2D eigenvalue weighted by molar-refractivity contribution is 0.597. The van der Waals surface area contributed by atoms with Crippen LogP contribution in [0.5, 0.6) is 0 Å². The molecule has 5 heteroatoms. The molecule has 1 fully saturated rings. The molecule has 0 aromatic carbocycles. The van der Waals surface area contributed by atoms with Gasteiger partial charge in [-0.3, -0.25) is 4.40 Å². The molecule has 2 aromatic heterocycles. The Morgan fingerprint density at radius 1 is 1.35 bits per heavy atom. The summed E-state index contributed by atoms with van der Waals surface area (Å²) in [5, 5.41) is 0.561. The molecule has 3 nitrogen and oxygen atoms in total. The molecule has 2 aromatic rings. The van der Waals surface area contributed by atoms with Crippen molar-refractivity contribution in [2.24, 2.45) is 0 Å². The topological polar surface area (TPSA) is 43.3 Å². The van der Waals surface area contributed by atoms with Gasteiger partial charge < -0.3 is 5.73 Å². The minimum atomic E-state index is 0.487. The summed E-state index contributed by atoms with van der Waals surface area (Å²) < 4.78 is 2.00. The first-order valence-electron chi connectivity index (χ1n) is 5.77. The van der Waals surface area contributed by atoms with E-state index >= 15 is 0 Å². The molecule has 0 saturated carbocycles. The maximum atomic E-state index is 6.18. The number of thioether (sulfide) groups is 1. The highest BCUT2D eigenvalue weighted by Crippen LogP contribution is 2.34. The van der Waals surface area contributed by atoms with Crippen LogP contribution in [0.3, 0.4) is 0 Å². The largest absolute Gasteiger partial charge is 0.385 e. The SMILES string of the molecule is Nc1cccc2c(Cl)nc(C3CCSCC3)n12. The third-order valence-electron chi connectivity index (χ3n) is 3.26. The third kappa shape index (κ3) is 1.89. The first-order valence-corrected chi connectivity index (χ1v) is 7.30. The van der Waals surface area contributed by atoms with Crippen LogP contribution in [0.2, 0.25) is 5.15 Å². The number of nitrogen functional groups attached to an aromatic ring is 1. The molecule has 3 rings (SSSR count). The Hall–Kier alpha value is -0.870. The number of aromatic nitrogens is 2. The van der Waals surface area contributed by atoms with Crippen molar-refractivity contribution in [2.45, 2.75) is 18.8 Å². The maximum Gasteiger partial charge on any atom is 0.155 e. The predicted octanol–water partition coefficient (Wildman–Crippen LogP) is 3.18. The van der Waals surface area contributed by atoms with E-state index in [1.807, 2.05) is 34.4 Å². The number of nitrogens with zero attached hydrogens (tertiary/aromatic N) is 2. The molecule has 0 aliphatic carbocycles. The summed E-state index contributed by atoms with van der Waals surface area (Å²) in [7, 11) is 0. The van der Waals surface area contributed by atoms with Crippen LogP contribution in [-0.2, 0) is 0 Å². The number of anilines is 1. The smallest absolute Gasteiger partial charge is 0.155 e. The average molecular weight is 268 g/mol. The van der Waals surface area contributed by atoms with Gasteiger partial charge in [0.05, 0.1) is 5.52 Å². The lowest BCUT2D eigenvalue weighted by Crippen LogP contribution is -2.12. The molecule has 0 atom stereocenters. The van der Waals surface area contributed by atoms with Crippen molar-refractivity contribution in [3.05, 3.63) is 29.2 Å². The van der Waals surface area contributed by atoms with Crippen LogP contribution in [0.25, 0.3) is 5.52 Å². The van der Waals surface area contributed by atoms with Crippen molar-refractivity contribution >= 4 is 34.7 Å². The molecule has 17 heavy (non-hydrogen) atoms. The van der Waals surface area contributed by atoms with E-state index < -0.39 is 0 Å². The Balaban J connectivity index is 2.15. The van der Waals surface area contributed by atoms with E-state index in [2.05, 4.69) is 4.98 Å². The molecule has 0 bridgehead atoms. The van der Waals surface area contributed by atoms with Crippen LogP contribution in [0.1, 0.15) is 24.6 Å². The van der Waals surface area contributed by atoms with Gasteiger partial charge in [0.25, 0.3) is 0 Å². The highest BCUT2D eigenvalue weighted by atomic mass is 35.5. The fourth-order valence-corrected chi connectivity index (χ4v) is 3.72. The fraction of sp³-hybridized carbons (Fsp3) is 0.417. The first kappa shape index (κ1) is 11.2. The second-order valence-corrected chi connectivity index (χ2v) is 5.90. The van der Waals surface area contributed by atoms with Gasteiger partial charge in [-0.15, -0.1) is 0 Å². The molecule has 0 unspecified atom stereocenters. The molecule has 0 amide bonds. The van der Waals surface area contributed by atoms with Crippen LogP contribution in [0.4, 0.5) is 5.82 Å². The molecule has 0 spiro atoms. The molecule has 1 aliphatic heterocycles. The van der Waals surface area contributed by atoms with Crippen LogP contribution in [0, 0.1) is 0 Å². The summed E-state index contributed by atoms with van der Waals surface area (Å²) in [6, 6.07) is 5.78. The normalized spacial score (nSPS) is 17.7. The van der Waals surface area contributed by atoms with E-state index in [4.69, 9.17) is 17.3 Å². The van der Waals surface area contributed by atoms with E-state index in [-0.39, 0.29) is 0 Å². The van der Waals surface area contributed by atoms with Gasteiger partial charge in [-0.2, -0.15) is 11.8 Å². The molecule has 0 radical (unpaired) electrons. The van der Waals surface area contributed by atoms with Crippen molar-refractivity contribution < 1.29 is 0 Å². The first-order chi connectivity index (χ1) is 8.27. The molecule has 3 heterocycles. The van der Waals surface area contributed by atoms with Crippen molar-refractivity contribution in [1.29, 1.82) is 0 Å². The zero-order chi connectivity index (χ0) is 11.8. The predicted molar refractivity (Wildman–Crippen MR) is 73.9 cm³/mol. The van der Waals surface area contributed by atoms with Crippen molar-refractivity contribution in [2.75, 3.05) is 17.2 Å². The van der Waals surface area contributed by atoms with E-state index in [0.29, 0.717) is 11.1 Å². The van der Waals surface area contributed by atoms with Crippen LogP contribution in [0.15, 0.2) is 18.2 Å². The molecule has 90 valence electrons. The quantitative estimate of drug-likeness (QED) is 0.863. The van der Waals surface area contributed by atoms with E-state index in [1.54, 1.807) is 0 Å². The number of halogens is 1. The van der Waals surface area contributed by atoms with Gasteiger partial charge in [0.15, 0.2) is 5.15 Å².